The molecule has 0 amide bonds. The first-order valence-corrected chi connectivity index (χ1v) is 13.0. The number of rotatable bonds is 10. The third-order valence-electron chi connectivity index (χ3n) is 6.81. The quantitative estimate of drug-likeness (QED) is 0.327. The molecule has 3 nitrogen and oxygen atoms in total. The first kappa shape index (κ1) is 25.1. The Hall–Kier alpha value is -3.04. The topological polar surface area (TPSA) is 18.5 Å². The van der Waals surface area contributed by atoms with E-state index in [0.717, 1.165) is 13.0 Å². The maximum absolute atomic E-state index is 3.94. The molecular formula is C32H39N3. The molecule has 1 heterocycles. The Morgan fingerprint density at radius 1 is 0.686 bits per heavy atom. The Bertz CT molecular complexity index is 1060. The first-order chi connectivity index (χ1) is 17.0. The summed E-state index contributed by atoms with van der Waals surface area (Å²) in [4.78, 5) is 4.39. The molecule has 4 rings (SSSR count). The molecule has 0 bridgehead atoms. The molecule has 3 aromatic carbocycles. The molecule has 0 saturated heterocycles. The smallest absolute Gasteiger partial charge is 0.212 e. The van der Waals surface area contributed by atoms with Gasteiger partial charge in [0.2, 0.25) is 6.67 Å². The van der Waals surface area contributed by atoms with Crippen molar-refractivity contribution in [2.24, 2.45) is 0 Å². The van der Waals surface area contributed by atoms with Crippen LogP contribution in [-0.4, -0.2) is 11.4 Å². The van der Waals surface area contributed by atoms with E-state index in [2.05, 4.69) is 148 Å². The van der Waals surface area contributed by atoms with Crippen molar-refractivity contribution in [2.75, 3.05) is 11.4 Å². The lowest BCUT2D eigenvalue weighted by Gasteiger charge is -2.31. The monoisotopic (exact) mass is 465 g/mol. The summed E-state index contributed by atoms with van der Waals surface area (Å²) in [6.07, 6.45) is 5.34. The van der Waals surface area contributed by atoms with E-state index in [1.54, 1.807) is 0 Å². The molecule has 0 saturated carbocycles. The SMILES string of the molecule is CC[C@H](N[C@H](CN1[C]N(c2c(C(C)C)cccc2C(C)C)C=C1)c1ccccc1)c1ccccc1. The van der Waals surface area contributed by atoms with Crippen molar-refractivity contribution in [1.29, 1.82) is 0 Å². The Morgan fingerprint density at radius 3 is 1.74 bits per heavy atom. The minimum absolute atomic E-state index is 0.170. The van der Waals surface area contributed by atoms with Crippen LogP contribution >= 0.6 is 0 Å². The molecule has 0 aliphatic carbocycles. The summed E-state index contributed by atoms with van der Waals surface area (Å²) in [5, 5.41) is 3.94. The van der Waals surface area contributed by atoms with Gasteiger partial charge < -0.3 is 15.1 Å². The number of benzene rings is 3. The van der Waals surface area contributed by atoms with Gasteiger partial charge >= 0.3 is 0 Å². The van der Waals surface area contributed by atoms with Crippen LogP contribution in [0.15, 0.2) is 91.3 Å². The zero-order valence-corrected chi connectivity index (χ0v) is 21.8. The van der Waals surface area contributed by atoms with E-state index in [9.17, 15) is 0 Å². The van der Waals surface area contributed by atoms with Gasteiger partial charge in [-0.3, -0.25) is 0 Å². The van der Waals surface area contributed by atoms with Gasteiger partial charge in [0.05, 0.1) is 11.7 Å². The van der Waals surface area contributed by atoms with Crippen LogP contribution < -0.4 is 10.2 Å². The van der Waals surface area contributed by atoms with E-state index in [1.807, 2.05) is 0 Å². The van der Waals surface area contributed by atoms with Gasteiger partial charge in [0, 0.05) is 25.0 Å². The molecule has 182 valence electrons. The van der Waals surface area contributed by atoms with Gasteiger partial charge in [0.15, 0.2) is 0 Å². The summed E-state index contributed by atoms with van der Waals surface area (Å²) in [5.41, 5.74) is 6.62. The summed E-state index contributed by atoms with van der Waals surface area (Å²) < 4.78 is 0. The summed E-state index contributed by atoms with van der Waals surface area (Å²) in [6.45, 7) is 15.8. The highest BCUT2D eigenvalue weighted by Crippen LogP contribution is 2.38. The van der Waals surface area contributed by atoms with Crippen molar-refractivity contribution >= 4 is 5.69 Å². The molecule has 1 aliphatic rings. The summed E-state index contributed by atoms with van der Waals surface area (Å²) >= 11 is 0. The molecule has 1 aliphatic heterocycles. The molecule has 0 spiro atoms. The van der Waals surface area contributed by atoms with Crippen molar-refractivity contribution in [3.05, 3.63) is 120 Å². The maximum Gasteiger partial charge on any atom is 0.212 e. The van der Waals surface area contributed by atoms with E-state index in [-0.39, 0.29) is 6.04 Å². The van der Waals surface area contributed by atoms with Crippen LogP contribution in [-0.2, 0) is 0 Å². The molecule has 0 fully saturated rings. The Balaban J connectivity index is 1.56. The highest BCUT2D eigenvalue weighted by Gasteiger charge is 2.26. The Kier molecular flexibility index (Phi) is 8.30. The Labute approximate surface area is 212 Å². The first-order valence-electron chi connectivity index (χ1n) is 13.0. The fourth-order valence-corrected chi connectivity index (χ4v) is 4.88. The second-order valence-electron chi connectivity index (χ2n) is 10.0. The van der Waals surface area contributed by atoms with Gasteiger partial charge in [-0.2, -0.15) is 0 Å². The van der Waals surface area contributed by atoms with Crippen LogP contribution in [0.1, 0.15) is 87.2 Å². The minimum Gasteiger partial charge on any atom is -0.344 e. The second kappa shape index (κ2) is 11.6. The molecule has 0 unspecified atom stereocenters. The molecule has 0 aromatic heterocycles. The van der Waals surface area contributed by atoms with Gasteiger partial charge in [0.25, 0.3) is 0 Å². The highest BCUT2D eigenvalue weighted by atomic mass is 15.3. The lowest BCUT2D eigenvalue weighted by atomic mass is 9.92. The number of para-hydroxylation sites is 1. The largest absolute Gasteiger partial charge is 0.344 e. The van der Waals surface area contributed by atoms with Crippen molar-refractivity contribution < 1.29 is 0 Å². The maximum atomic E-state index is 3.94. The van der Waals surface area contributed by atoms with Crippen molar-refractivity contribution in [3.63, 3.8) is 0 Å². The fraction of sp³-hybridized carbons (Fsp3) is 0.344. The fourth-order valence-electron chi connectivity index (χ4n) is 4.88. The summed E-state index contributed by atoms with van der Waals surface area (Å²) in [6, 6.07) is 28.7. The van der Waals surface area contributed by atoms with Crippen LogP contribution in [0.2, 0.25) is 0 Å². The van der Waals surface area contributed by atoms with Gasteiger partial charge in [-0.05, 0) is 40.5 Å². The number of hydrogen-bond acceptors (Lipinski definition) is 3. The highest BCUT2D eigenvalue weighted by molar-refractivity contribution is 5.65. The van der Waals surface area contributed by atoms with E-state index in [0.29, 0.717) is 17.9 Å². The van der Waals surface area contributed by atoms with Gasteiger partial charge in [-0.1, -0.05) is 113 Å². The van der Waals surface area contributed by atoms with E-state index >= 15 is 0 Å². The van der Waals surface area contributed by atoms with Crippen molar-refractivity contribution in [2.45, 2.75) is 65.0 Å². The standard InChI is InChI=1S/C32H39N3/c1-6-30(26-14-9-7-10-15-26)33-31(27-16-11-8-12-17-27)22-34-20-21-35(23-34)32-28(24(2)3)18-13-19-29(32)25(4)5/h7-21,24-25,30-31,33H,6,22H2,1-5H3/t30-,31+/m0/s1. The van der Waals surface area contributed by atoms with E-state index in [4.69, 9.17) is 0 Å². The number of anilines is 1. The predicted molar refractivity (Wildman–Crippen MR) is 148 cm³/mol. The predicted octanol–water partition coefficient (Wildman–Crippen LogP) is 8.01. The van der Waals surface area contributed by atoms with E-state index in [1.165, 1.54) is 27.9 Å². The lowest BCUT2D eigenvalue weighted by molar-refractivity contribution is 0.346. The van der Waals surface area contributed by atoms with Crippen LogP contribution in [0.3, 0.4) is 0 Å². The van der Waals surface area contributed by atoms with Crippen LogP contribution in [0.4, 0.5) is 5.69 Å². The zero-order valence-electron chi connectivity index (χ0n) is 21.8. The molecule has 2 radical (unpaired) electrons. The molecule has 35 heavy (non-hydrogen) atoms. The molecule has 2 atom stereocenters. The zero-order chi connectivity index (χ0) is 24.8. The minimum atomic E-state index is 0.170. The average molecular weight is 466 g/mol. The molecule has 1 N–H and O–H groups in total. The van der Waals surface area contributed by atoms with E-state index < -0.39 is 0 Å². The molecular weight excluding hydrogens is 426 g/mol. The van der Waals surface area contributed by atoms with Crippen LogP contribution in [0, 0.1) is 6.67 Å². The van der Waals surface area contributed by atoms with Gasteiger partial charge in [-0.15, -0.1) is 0 Å². The van der Waals surface area contributed by atoms with Crippen LogP contribution in [0.5, 0.6) is 0 Å². The van der Waals surface area contributed by atoms with Crippen molar-refractivity contribution in [1.82, 2.24) is 10.2 Å². The van der Waals surface area contributed by atoms with Crippen LogP contribution in [0.25, 0.3) is 0 Å². The second-order valence-corrected chi connectivity index (χ2v) is 10.0. The number of hydrogen-bond donors (Lipinski definition) is 1. The lowest BCUT2D eigenvalue weighted by Crippen LogP contribution is -2.34. The summed E-state index contributed by atoms with van der Waals surface area (Å²) in [5.74, 6) is 0.894. The van der Waals surface area contributed by atoms with Gasteiger partial charge in [-0.25, -0.2) is 0 Å². The Morgan fingerprint density at radius 2 is 1.23 bits per heavy atom. The number of nitrogens with one attached hydrogen (secondary N) is 1. The number of nitrogens with zero attached hydrogens (tertiary/aromatic N) is 2. The summed E-state index contributed by atoms with van der Waals surface area (Å²) in [7, 11) is 0. The normalized spacial score (nSPS) is 15.3. The third kappa shape index (κ3) is 5.97. The van der Waals surface area contributed by atoms with Crippen molar-refractivity contribution in [3.8, 4) is 0 Å². The average Bonchev–Trinajstić information content (AvgIpc) is 3.35. The third-order valence-corrected chi connectivity index (χ3v) is 6.81. The molecule has 3 heteroatoms. The van der Waals surface area contributed by atoms with Gasteiger partial charge in [0.1, 0.15) is 0 Å². The molecule has 3 aromatic rings.